The van der Waals surface area contributed by atoms with Crippen molar-refractivity contribution in [2.24, 2.45) is 0 Å². The van der Waals surface area contributed by atoms with Gasteiger partial charge in [-0.2, -0.15) is 4.98 Å². The van der Waals surface area contributed by atoms with E-state index in [0.29, 0.717) is 31.1 Å². The Morgan fingerprint density at radius 3 is 2.62 bits per heavy atom. The van der Waals surface area contributed by atoms with Gasteiger partial charge in [-0.3, -0.25) is 4.79 Å². The van der Waals surface area contributed by atoms with Crippen LogP contribution in [0.5, 0.6) is 0 Å². The Labute approximate surface area is 143 Å². The van der Waals surface area contributed by atoms with E-state index in [9.17, 15) is 4.79 Å². The van der Waals surface area contributed by atoms with E-state index in [0.717, 1.165) is 0 Å². The summed E-state index contributed by atoms with van der Waals surface area (Å²) in [6, 6.07) is 8.28. The first kappa shape index (κ1) is 18.2. The fourth-order valence-corrected chi connectivity index (χ4v) is 2.66. The molecule has 1 amide bonds. The van der Waals surface area contributed by atoms with Gasteiger partial charge >= 0.3 is 0 Å². The van der Waals surface area contributed by atoms with E-state index >= 15 is 0 Å². The lowest BCUT2D eigenvalue weighted by molar-refractivity contribution is -0.121. The Balaban J connectivity index is 1.85. The summed E-state index contributed by atoms with van der Waals surface area (Å²) in [6.07, 6.45) is 0.819. The number of rotatable bonds is 7. The maximum absolute atomic E-state index is 12.1. The number of hydrogen-bond donors (Lipinski definition) is 1. The SMILES string of the molecule is Cc1ccccc1C(C)(C)CNC(=O)CCc1nc(C(C)C)no1. The number of carbonyl (C=O) groups excluding carboxylic acids is 1. The smallest absolute Gasteiger partial charge is 0.227 e. The molecule has 0 spiro atoms. The highest BCUT2D eigenvalue weighted by molar-refractivity contribution is 5.76. The minimum Gasteiger partial charge on any atom is -0.355 e. The summed E-state index contributed by atoms with van der Waals surface area (Å²) in [5.41, 5.74) is 2.38. The van der Waals surface area contributed by atoms with Gasteiger partial charge in [0.25, 0.3) is 0 Å². The number of hydrogen-bond acceptors (Lipinski definition) is 4. The predicted octanol–water partition coefficient (Wildman–Crippen LogP) is 3.53. The zero-order valence-corrected chi connectivity index (χ0v) is 15.2. The van der Waals surface area contributed by atoms with Crippen molar-refractivity contribution in [2.75, 3.05) is 6.54 Å². The molecule has 0 radical (unpaired) electrons. The molecule has 0 bridgehead atoms. The number of carbonyl (C=O) groups is 1. The number of nitrogens with one attached hydrogen (secondary N) is 1. The third kappa shape index (κ3) is 4.66. The zero-order chi connectivity index (χ0) is 17.7. The lowest BCUT2D eigenvalue weighted by Crippen LogP contribution is -2.37. The highest BCUT2D eigenvalue weighted by Gasteiger charge is 2.23. The van der Waals surface area contributed by atoms with E-state index in [1.54, 1.807) is 0 Å². The van der Waals surface area contributed by atoms with Gasteiger partial charge in [0.15, 0.2) is 5.82 Å². The minimum atomic E-state index is -0.115. The van der Waals surface area contributed by atoms with Crippen LogP contribution in [0.3, 0.4) is 0 Å². The molecule has 0 aliphatic carbocycles. The van der Waals surface area contributed by atoms with Gasteiger partial charge in [-0.1, -0.05) is 57.1 Å². The topological polar surface area (TPSA) is 68.0 Å². The van der Waals surface area contributed by atoms with Gasteiger partial charge < -0.3 is 9.84 Å². The number of benzene rings is 1. The van der Waals surface area contributed by atoms with Crippen LogP contribution in [0.2, 0.25) is 0 Å². The maximum atomic E-state index is 12.1. The molecule has 1 N–H and O–H groups in total. The van der Waals surface area contributed by atoms with E-state index in [1.165, 1.54) is 11.1 Å². The van der Waals surface area contributed by atoms with Crippen LogP contribution in [-0.2, 0) is 16.6 Å². The molecule has 2 rings (SSSR count). The molecule has 5 nitrogen and oxygen atoms in total. The van der Waals surface area contributed by atoms with Crippen molar-refractivity contribution in [3.8, 4) is 0 Å². The Morgan fingerprint density at radius 2 is 2.00 bits per heavy atom. The minimum absolute atomic E-state index is 0.000885. The summed E-state index contributed by atoms with van der Waals surface area (Å²) in [4.78, 5) is 16.4. The third-order valence-corrected chi connectivity index (χ3v) is 4.17. The Bertz CT molecular complexity index is 689. The van der Waals surface area contributed by atoms with Crippen LogP contribution in [0.25, 0.3) is 0 Å². The first-order chi connectivity index (χ1) is 11.3. The number of nitrogens with zero attached hydrogens (tertiary/aromatic N) is 2. The molecule has 0 aliphatic rings. The highest BCUT2D eigenvalue weighted by atomic mass is 16.5. The monoisotopic (exact) mass is 329 g/mol. The van der Waals surface area contributed by atoms with Crippen LogP contribution in [-0.4, -0.2) is 22.6 Å². The summed E-state index contributed by atoms with van der Waals surface area (Å²) in [6.45, 7) is 11.0. The Kier molecular flexibility index (Phi) is 5.75. The molecule has 0 saturated heterocycles. The average Bonchev–Trinajstić information content (AvgIpc) is 3.00. The standard InChI is InChI=1S/C19H27N3O2/c1-13(2)18-21-17(24-22-18)11-10-16(23)20-12-19(4,5)15-9-7-6-8-14(15)3/h6-9,13H,10-12H2,1-5H3,(H,20,23). The fourth-order valence-electron chi connectivity index (χ4n) is 2.66. The molecule has 1 heterocycles. The van der Waals surface area contributed by atoms with E-state index < -0.39 is 0 Å². The molecule has 0 fully saturated rings. The van der Waals surface area contributed by atoms with E-state index in [2.05, 4.69) is 48.4 Å². The second-order valence-corrected chi connectivity index (χ2v) is 7.18. The second kappa shape index (κ2) is 7.60. The van der Waals surface area contributed by atoms with Gasteiger partial charge in [-0.05, 0) is 18.1 Å². The van der Waals surface area contributed by atoms with Gasteiger partial charge in [0.05, 0.1) is 0 Å². The first-order valence-electron chi connectivity index (χ1n) is 8.45. The predicted molar refractivity (Wildman–Crippen MR) is 93.9 cm³/mol. The van der Waals surface area contributed by atoms with Crippen LogP contribution in [0.4, 0.5) is 0 Å². The number of aromatic nitrogens is 2. The Hall–Kier alpha value is -2.17. The molecule has 24 heavy (non-hydrogen) atoms. The quantitative estimate of drug-likeness (QED) is 0.844. The molecule has 0 aliphatic heterocycles. The van der Waals surface area contributed by atoms with Crippen molar-refractivity contribution in [1.82, 2.24) is 15.5 Å². The average molecular weight is 329 g/mol. The molecule has 130 valence electrons. The van der Waals surface area contributed by atoms with Crippen molar-refractivity contribution in [3.63, 3.8) is 0 Å². The molecule has 0 atom stereocenters. The largest absolute Gasteiger partial charge is 0.355 e. The van der Waals surface area contributed by atoms with E-state index in [-0.39, 0.29) is 17.2 Å². The van der Waals surface area contributed by atoms with Gasteiger partial charge in [-0.15, -0.1) is 0 Å². The third-order valence-electron chi connectivity index (χ3n) is 4.17. The lowest BCUT2D eigenvalue weighted by Gasteiger charge is -2.27. The number of aryl methyl sites for hydroxylation is 2. The number of amides is 1. The maximum Gasteiger partial charge on any atom is 0.227 e. The highest BCUT2D eigenvalue weighted by Crippen LogP contribution is 2.25. The van der Waals surface area contributed by atoms with Gasteiger partial charge in [0.1, 0.15) is 0 Å². The van der Waals surface area contributed by atoms with Crippen molar-refractivity contribution in [2.45, 2.75) is 58.8 Å². The zero-order valence-electron chi connectivity index (χ0n) is 15.2. The van der Waals surface area contributed by atoms with Gasteiger partial charge in [0.2, 0.25) is 11.8 Å². The van der Waals surface area contributed by atoms with Crippen molar-refractivity contribution in [1.29, 1.82) is 0 Å². The molecular formula is C19H27N3O2. The molecule has 5 heteroatoms. The molecule has 0 saturated carbocycles. The second-order valence-electron chi connectivity index (χ2n) is 7.18. The Morgan fingerprint density at radius 1 is 1.29 bits per heavy atom. The molecule has 1 aromatic heterocycles. The van der Waals surface area contributed by atoms with Crippen LogP contribution in [0.1, 0.15) is 62.9 Å². The fraction of sp³-hybridized carbons (Fsp3) is 0.526. The summed E-state index contributed by atoms with van der Waals surface area (Å²) in [7, 11) is 0. The van der Waals surface area contributed by atoms with E-state index in [1.807, 2.05) is 26.0 Å². The molecule has 2 aromatic rings. The summed E-state index contributed by atoms with van der Waals surface area (Å²) < 4.78 is 5.17. The van der Waals surface area contributed by atoms with Crippen molar-refractivity contribution < 1.29 is 9.32 Å². The van der Waals surface area contributed by atoms with Gasteiger partial charge in [0, 0.05) is 30.7 Å². The molecular weight excluding hydrogens is 302 g/mol. The van der Waals surface area contributed by atoms with Crippen molar-refractivity contribution in [3.05, 3.63) is 47.1 Å². The molecule has 0 unspecified atom stereocenters. The van der Waals surface area contributed by atoms with Crippen LogP contribution < -0.4 is 5.32 Å². The first-order valence-corrected chi connectivity index (χ1v) is 8.45. The summed E-state index contributed by atoms with van der Waals surface area (Å²) in [5, 5.41) is 6.93. The molecule has 1 aromatic carbocycles. The van der Waals surface area contributed by atoms with E-state index in [4.69, 9.17) is 4.52 Å². The normalized spacial score (nSPS) is 11.8. The van der Waals surface area contributed by atoms with Crippen LogP contribution in [0.15, 0.2) is 28.8 Å². The van der Waals surface area contributed by atoms with Crippen molar-refractivity contribution >= 4 is 5.91 Å². The lowest BCUT2D eigenvalue weighted by atomic mass is 9.82. The summed E-state index contributed by atoms with van der Waals surface area (Å²) >= 11 is 0. The summed E-state index contributed by atoms with van der Waals surface area (Å²) in [5.74, 6) is 1.44. The van der Waals surface area contributed by atoms with Crippen LogP contribution in [0, 0.1) is 6.92 Å². The van der Waals surface area contributed by atoms with Gasteiger partial charge in [-0.25, -0.2) is 0 Å². The van der Waals surface area contributed by atoms with Crippen LogP contribution >= 0.6 is 0 Å².